The second kappa shape index (κ2) is 1.12. The molecule has 0 saturated heterocycles. The van der Waals surface area contributed by atoms with Crippen molar-refractivity contribution in [2.75, 3.05) is 0 Å². The molecule has 0 aliphatic heterocycles. The van der Waals surface area contributed by atoms with Gasteiger partial charge < -0.3 is 4.42 Å². The number of aryl methyl sites for hydroxylation is 1. The summed E-state index contributed by atoms with van der Waals surface area (Å²) in [6.45, 7) is 1.76. The maximum Gasteiger partial charge on any atom is 0.180 e. The summed E-state index contributed by atoms with van der Waals surface area (Å²) in [5.74, 6) is 0.685. The van der Waals surface area contributed by atoms with Gasteiger partial charge in [-0.1, -0.05) is 0 Å². The molecule has 6 heavy (non-hydrogen) atoms. The second-order valence-electron chi connectivity index (χ2n) is 1.06. The van der Waals surface area contributed by atoms with E-state index in [1.165, 1.54) is 6.20 Å². The van der Waals surface area contributed by atoms with Crippen LogP contribution in [-0.4, -0.2) is 4.98 Å². The van der Waals surface area contributed by atoms with Crippen molar-refractivity contribution in [2.24, 2.45) is 0 Å². The van der Waals surface area contributed by atoms with Crippen LogP contribution in [0.2, 0.25) is 0 Å². The van der Waals surface area contributed by atoms with Gasteiger partial charge in [0, 0.05) is 0 Å². The summed E-state index contributed by atoms with van der Waals surface area (Å²) >= 11 is 0. The minimum Gasteiger partial charge on any atom is -0.449 e. The van der Waals surface area contributed by atoms with Gasteiger partial charge in [-0.05, 0) is 6.92 Å². The van der Waals surface area contributed by atoms with E-state index in [4.69, 9.17) is 1.37 Å². The van der Waals surface area contributed by atoms with Gasteiger partial charge in [-0.2, -0.15) is 0 Å². The minimum atomic E-state index is -0.0162. The van der Waals surface area contributed by atoms with Gasteiger partial charge in [-0.25, -0.2) is 4.98 Å². The standard InChI is InChI=1S/C4H5NO/c1-4-2-5-3-6-4/h2-3H,1H3/i3T. The zero-order chi connectivity index (χ0) is 5.28. The van der Waals surface area contributed by atoms with Crippen LogP contribution in [0, 0.1) is 6.92 Å². The molecule has 0 aliphatic carbocycles. The Morgan fingerprint density at radius 1 is 2.17 bits per heavy atom. The average molecular weight is 85.1 g/mol. The summed E-state index contributed by atoms with van der Waals surface area (Å²) in [7, 11) is 0. The molecule has 0 N–H and O–H groups in total. The lowest BCUT2D eigenvalue weighted by Gasteiger charge is -1.66. The van der Waals surface area contributed by atoms with Crippen molar-refractivity contribution in [3.8, 4) is 0 Å². The number of nitrogens with zero attached hydrogens (tertiary/aromatic N) is 1. The van der Waals surface area contributed by atoms with E-state index < -0.39 is 0 Å². The quantitative estimate of drug-likeness (QED) is 0.469. The molecule has 0 aromatic carbocycles. The van der Waals surface area contributed by atoms with Crippen LogP contribution in [0.4, 0.5) is 0 Å². The maximum atomic E-state index is 6.74. The Bertz CT molecular complexity index is 144. The van der Waals surface area contributed by atoms with Crippen molar-refractivity contribution in [3.63, 3.8) is 0 Å². The van der Waals surface area contributed by atoms with Crippen molar-refractivity contribution in [1.82, 2.24) is 4.98 Å². The van der Waals surface area contributed by atoms with E-state index in [1.54, 1.807) is 6.92 Å². The first-order valence-corrected chi connectivity index (χ1v) is 1.68. The molecular formula is C4H5NO. The predicted octanol–water partition coefficient (Wildman–Crippen LogP) is 0.983. The molecule has 0 unspecified atom stereocenters. The van der Waals surface area contributed by atoms with E-state index >= 15 is 0 Å². The molecule has 1 rings (SSSR count). The first-order chi connectivity index (χ1) is 3.29. The molecule has 0 atom stereocenters. The van der Waals surface area contributed by atoms with Gasteiger partial charge in [0.15, 0.2) is 6.37 Å². The van der Waals surface area contributed by atoms with Gasteiger partial charge in [-0.3, -0.25) is 0 Å². The molecule has 0 fully saturated rings. The number of oxazole rings is 1. The zero-order valence-corrected chi connectivity index (χ0v) is 3.43. The number of aromatic nitrogens is 1. The minimum absolute atomic E-state index is 0.0162. The summed E-state index contributed by atoms with van der Waals surface area (Å²) in [6, 6.07) is 0. The topological polar surface area (TPSA) is 26.0 Å². The van der Waals surface area contributed by atoms with Crippen molar-refractivity contribution in [3.05, 3.63) is 18.3 Å². The fraction of sp³-hybridized carbons (Fsp3) is 0.250. The molecule has 0 bridgehead atoms. The molecule has 0 saturated carbocycles. The van der Waals surface area contributed by atoms with Gasteiger partial charge in [0.25, 0.3) is 0 Å². The van der Waals surface area contributed by atoms with Crippen LogP contribution in [-0.2, 0) is 0 Å². The molecule has 0 amide bonds. The van der Waals surface area contributed by atoms with Crippen molar-refractivity contribution >= 4 is 0 Å². The normalized spacial score (nSPS) is 11.2. The molecule has 0 aliphatic rings. The first-order valence-electron chi connectivity index (χ1n) is 2.18. The molecule has 0 spiro atoms. The molecule has 2 nitrogen and oxygen atoms in total. The maximum absolute atomic E-state index is 6.74. The van der Waals surface area contributed by atoms with E-state index in [9.17, 15) is 0 Å². The largest absolute Gasteiger partial charge is 0.449 e. The van der Waals surface area contributed by atoms with Crippen LogP contribution < -0.4 is 0 Å². The van der Waals surface area contributed by atoms with Crippen LogP contribution in [0.5, 0.6) is 0 Å². The zero-order valence-electron chi connectivity index (χ0n) is 4.43. The van der Waals surface area contributed by atoms with Gasteiger partial charge in [-0.15, -0.1) is 0 Å². The van der Waals surface area contributed by atoms with E-state index in [2.05, 4.69) is 9.40 Å². The molecule has 1 aromatic rings. The highest BCUT2D eigenvalue weighted by atomic mass is 16.3. The fourth-order valence-corrected chi connectivity index (χ4v) is 0.242. The predicted molar refractivity (Wildman–Crippen MR) is 21.2 cm³/mol. The Hall–Kier alpha value is -0.790. The molecule has 1 aromatic heterocycles. The van der Waals surface area contributed by atoms with E-state index in [1.807, 2.05) is 0 Å². The number of hydrogen-bond acceptors (Lipinski definition) is 2. The van der Waals surface area contributed by atoms with Gasteiger partial charge >= 0.3 is 0 Å². The summed E-state index contributed by atoms with van der Waals surface area (Å²) in [5, 5.41) is 0. The van der Waals surface area contributed by atoms with Crippen molar-refractivity contribution in [1.29, 1.82) is 0 Å². The lowest BCUT2D eigenvalue weighted by atomic mass is 10.6. The van der Waals surface area contributed by atoms with Crippen LogP contribution in [0.3, 0.4) is 0 Å². The molecule has 1 heterocycles. The Kier molecular flexibility index (Phi) is 0.449. The van der Waals surface area contributed by atoms with Crippen molar-refractivity contribution < 1.29 is 5.79 Å². The van der Waals surface area contributed by atoms with Gasteiger partial charge in [0.2, 0.25) is 0 Å². The van der Waals surface area contributed by atoms with Crippen LogP contribution in [0.15, 0.2) is 17.0 Å². The van der Waals surface area contributed by atoms with E-state index in [-0.39, 0.29) is 6.37 Å². The number of rotatable bonds is 0. The van der Waals surface area contributed by atoms with Crippen LogP contribution in [0.25, 0.3) is 0 Å². The van der Waals surface area contributed by atoms with Crippen molar-refractivity contribution in [2.45, 2.75) is 6.92 Å². The Labute approximate surface area is 37.2 Å². The lowest BCUT2D eigenvalue weighted by molar-refractivity contribution is 0.527. The third-order valence-electron chi connectivity index (χ3n) is 0.506. The molecule has 2 heteroatoms. The third kappa shape index (κ3) is 0.407. The SMILES string of the molecule is [3H]c1ncc(C)o1. The Morgan fingerprint density at radius 3 is 3.17 bits per heavy atom. The summed E-state index contributed by atoms with van der Waals surface area (Å²) in [4.78, 5) is 3.52. The van der Waals surface area contributed by atoms with Crippen LogP contribution >= 0.6 is 0 Å². The third-order valence-corrected chi connectivity index (χ3v) is 0.506. The number of hydrogen-bond donors (Lipinski definition) is 0. The second-order valence-corrected chi connectivity index (χ2v) is 1.06. The summed E-state index contributed by atoms with van der Waals surface area (Å²) in [5.41, 5.74) is 0. The smallest absolute Gasteiger partial charge is 0.180 e. The Balaban J connectivity index is 3.04. The molecular weight excluding hydrogens is 78.0 g/mol. The highest BCUT2D eigenvalue weighted by Crippen LogP contribution is 1.88. The Morgan fingerprint density at radius 2 is 3.00 bits per heavy atom. The van der Waals surface area contributed by atoms with E-state index in [0.29, 0.717) is 5.76 Å². The lowest BCUT2D eigenvalue weighted by Crippen LogP contribution is -1.50. The monoisotopic (exact) mass is 85.0 g/mol. The van der Waals surface area contributed by atoms with E-state index in [0.717, 1.165) is 0 Å². The molecule has 32 valence electrons. The molecule has 0 radical (unpaired) electrons. The van der Waals surface area contributed by atoms with Gasteiger partial charge in [0.05, 0.1) is 6.20 Å². The average Bonchev–Trinajstić information content (AvgIpc) is 1.87. The van der Waals surface area contributed by atoms with Gasteiger partial charge in [0.1, 0.15) is 7.13 Å². The fourth-order valence-electron chi connectivity index (χ4n) is 0.242. The highest BCUT2D eigenvalue weighted by molar-refractivity contribution is 4.80. The first kappa shape index (κ1) is 2.39. The highest BCUT2D eigenvalue weighted by Gasteiger charge is 1.77. The van der Waals surface area contributed by atoms with Crippen LogP contribution in [0.1, 0.15) is 7.13 Å². The summed E-state index contributed by atoms with van der Waals surface area (Å²) < 4.78 is 11.4. The summed E-state index contributed by atoms with van der Waals surface area (Å²) in [6.07, 6.45) is 1.50.